The summed E-state index contributed by atoms with van der Waals surface area (Å²) < 4.78 is 39.3. The molecule has 1 aromatic carbocycles. The van der Waals surface area contributed by atoms with E-state index in [2.05, 4.69) is 26.0 Å². The quantitative estimate of drug-likeness (QED) is 0.802. The molecule has 1 aromatic heterocycles. The summed E-state index contributed by atoms with van der Waals surface area (Å²) in [5, 5.41) is 4.81. The van der Waals surface area contributed by atoms with E-state index in [4.69, 9.17) is 0 Å². The van der Waals surface area contributed by atoms with Crippen LogP contribution in [-0.2, 0) is 17.8 Å². The Morgan fingerprint density at radius 2 is 2.00 bits per heavy atom. The van der Waals surface area contributed by atoms with Gasteiger partial charge in [-0.25, -0.2) is 4.68 Å². The highest BCUT2D eigenvalue weighted by Gasteiger charge is 2.38. The summed E-state index contributed by atoms with van der Waals surface area (Å²) in [6, 6.07) is 7.27. The molecule has 9 heteroatoms. The van der Waals surface area contributed by atoms with E-state index in [1.807, 2.05) is 31.2 Å². The number of nitrogens with zero attached hydrogens (tertiary/aromatic N) is 3. The van der Waals surface area contributed by atoms with Crippen LogP contribution >= 0.6 is 27.3 Å². The van der Waals surface area contributed by atoms with Crippen LogP contribution in [0.15, 0.2) is 33.7 Å². The van der Waals surface area contributed by atoms with E-state index >= 15 is 0 Å². The third kappa shape index (κ3) is 4.26. The Morgan fingerprint density at radius 1 is 1.36 bits per heavy atom. The van der Waals surface area contributed by atoms with Crippen molar-refractivity contribution in [3.63, 3.8) is 0 Å². The third-order valence-corrected chi connectivity index (χ3v) is 4.27. The van der Waals surface area contributed by atoms with Crippen LogP contribution in [0.25, 0.3) is 0 Å². The first-order valence-corrected chi connectivity index (χ1v) is 7.87. The smallest absolute Gasteiger partial charge is 0.262 e. The largest absolute Gasteiger partial charge is 0.473 e. The van der Waals surface area contributed by atoms with Gasteiger partial charge >= 0.3 is 12.1 Å². The van der Waals surface area contributed by atoms with Gasteiger partial charge in [0.05, 0.1) is 6.54 Å². The Labute approximate surface area is 136 Å². The molecule has 0 spiro atoms. The summed E-state index contributed by atoms with van der Waals surface area (Å²) in [4.78, 5) is 14.2. The highest BCUT2D eigenvalue weighted by atomic mass is 79.9. The molecular weight excluding hydrogens is 383 g/mol. The highest BCUT2D eigenvalue weighted by Crippen LogP contribution is 2.16. The molecule has 0 atom stereocenters. The third-order valence-electron chi connectivity index (χ3n) is 2.65. The molecule has 0 bridgehead atoms. The van der Waals surface area contributed by atoms with Gasteiger partial charge < -0.3 is 0 Å². The van der Waals surface area contributed by atoms with E-state index in [9.17, 15) is 18.0 Å². The molecule has 0 aliphatic rings. The maximum absolute atomic E-state index is 12.4. The molecule has 4 nitrogen and oxygen atoms in total. The standard InChI is InChI=1S/C13H11BrF3N3OS/c1-2-10-19-20(7-8-3-5-9(14)6-4-8)12(22-10)18-11(21)13(15,16)17/h3-6H,2,7H2,1H3. The zero-order valence-electron chi connectivity index (χ0n) is 11.4. The monoisotopic (exact) mass is 393 g/mol. The molecule has 1 amide bonds. The Morgan fingerprint density at radius 3 is 2.55 bits per heavy atom. The average molecular weight is 394 g/mol. The predicted octanol–water partition coefficient (Wildman–Crippen LogP) is 3.31. The van der Waals surface area contributed by atoms with Gasteiger partial charge in [-0.3, -0.25) is 4.79 Å². The minimum absolute atomic E-state index is 0.0536. The number of benzene rings is 1. The van der Waals surface area contributed by atoms with Crippen LogP contribution < -0.4 is 4.80 Å². The van der Waals surface area contributed by atoms with Crippen molar-refractivity contribution in [1.29, 1.82) is 0 Å². The molecule has 0 fully saturated rings. The van der Waals surface area contributed by atoms with Gasteiger partial charge in [0.15, 0.2) is 0 Å². The second kappa shape index (κ2) is 6.74. The van der Waals surface area contributed by atoms with Gasteiger partial charge in [-0.15, -0.1) is 0 Å². The lowest BCUT2D eigenvalue weighted by Gasteiger charge is -2.03. The Bertz CT molecular complexity index is 734. The van der Waals surface area contributed by atoms with Crippen molar-refractivity contribution in [1.82, 2.24) is 9.78 Å². The summed E-state index contributed by atoms with van der Waals surface area (Å²) in [7, 11) is 0. The van der Waals surface area contributed by atoms with Crippen molar-refractivity contribution in [2.75, 3.05) is 0 Å². The van der Waals surface area contributed by atoms with Crippen LogP contribution in [-0.4, -0.2) is 21.9 Å². The number of aryl methyl sites for hydroxylation is 1. The molecule has 0 radical (unpaired) electrons. The van der Waals surface area contributed by atoms with Crippen molar-refractivity contribution < 1.29 is 18.0 Å². The number of hydrogen-bond acceptors (Lipinski definition) is 3. The molecule has 0 aliphatic heterocycles. The maximum atomic E-state index is 12.4. The fourth-order valence-corrected chi connectivity index (χ4v) is 2.69. The van der Waals surface area contributed by atoms with E-state index in [0.29, 0.717) is 11.4 Å². The molecule has 0 aliphatic carbocycles. The summed E-state index contributed by atoms with van der Waals surface area (Å²) in [6.07, 6.45) is -4.42. The van der Waals surface area contributed by atoms with Gasteiger partial charge in [-0.1, -0.05) is 46.3 Å². The summed E-state index contributed by atoms with van der Waals surface area (Å²) in [5.74, 6) is -2.12. The average Bonchev–Trinajstić information content (AvgIpc) is 2.82. The molecule has 22 heavy (non-hydrogen) atoms. The van der Waals surface area contributed by atoms with E-state index in [1.165, 1.54) is 4.68 Å². The van der Waals surface area contributed by atoms with Gasteiger partial charge in [0, 0.05) is 4.47 Å². The van der Waals surface area contributed by atoms with Crippen molar-refractivity contribution in [2.24, 2.45) is 4.99 Å². The van der Waals surface area contributed by atoms with E-state index in [1.54, 1.807) is 0 Å². The molecular formula is C13H11BrF3N3OS. The summed E-state index contributed by atoms with van der Waals surface area (Å²) in [5.41, 5.74) is 0.845. The van der Waals surface area contributed by atoms with Crippen molar-refractivity contribution >= 4 is 33.2 Å². The Balaban J connectivity index is 2.38. The Hall–Kier alpha value is -1.48. The van der Waals surface area contributed by atoms with Crippen LogP contribution in [0.2, 0.25) is 0 Å². The van der Waals surface area contributed by atoms with Crippen LogP contribution in [0.3, 0.4) is 0 Å². The fourth-order valence-electron chi connectivity index (χ4n) is 1.60. The van der Waals surface area contributed by atoms with Gasteiger partial charge in [-0.05, 0) is 24.1 Å². The molecule has 1 heterocycles. The SMILES string of the molecule is CCc1nn(Cc2ccc(Br)cc2)c(=NC(=O)C(F)(F)F)s1. The molecule has 0 N–H and O–H groups in total. The first-order valence-electron chi connectivity index (χ1n) is 6.26. The zero-order chi connectivity index (χ0) is 16.3. The lowest BCUT2D eigenvalue weighted by Crippen LogP contribution is -2.26. The second-order valence-corrected chi connectivity index (χ2v) is 6.29. The predicted molar refractivity (Wildman–Crippen MR) is 79.4 cm³/mol. The topological polar surface area (TPSA) is 47.2 Å². The molecule has 118 valence electrons. The minimum Gasteiger partial charge on any atom is -0.262 e. The van der Waals surface area contributed by atoms with E-state index in [0.717, 1.165) is 21.4 Å². The normalized spacial score (nSPS) is 12.7. The molecule has 0 saturated heterocycles. The van der Waals surface area contributed by atoms with E-state index in [-0.39, 0.29) is 11.3 Å². The first-order chi connectivity index (χ1) is 10.3. The molecule has 0 saturated carbocycles. The number of rotatable bonds is 3. The summed E-state index contributed by atoms with van der Waals surface area (Å²) in [6.45, 7) is 2.08. The van der Waals surface area contributed by atoms with Gasteiger partial charge in [0.25, 0.3) is 0 Å². The van der Waals surface area contributed by atoms with Crippen molar-refractivity contribution in [3.8, 4) is 0 Å². The number of carbonyl (C=O) groups excluding carboxylic acids is 1. The van der Waals surface area contributed by atoms with Crippen LogP contribution in [0.4, 0.5) is 13.2 Å². The van der Waals surface area contributed by atoms with Crippen LogP contribution in [0, 0.1) is 0 Å². The van der Waals surface area contributed by atoms with E-state index < -0.39 is 12.1 Å². The number of hydrogen-bond donors (Lipinski definition) is 0. The molecule has 0 unspecified atom stereocenters. The zero-order valence-corrected chi connectivity index (χ0v) is 13.8. The number of halogens is 4. The van der Waals surface area contributed by atoms with Crippen molar-refractivity contribution in [2.45, 2.75) is 26.1 Å². The molecule has 2 rings (SSSR count). The minimum atomic E-state index is -4.98. The molecule has 2 aromatic rings. The van der Waals surface area contributed by atoms with Crippen LogP contribution in [0.5, 0.6) is 0 Å². The lowest BCUT2D eigenvalue weighted by atomic mass is 10.2. The number of aromatic nitrogens is 2. The highest BCUT2D eigenvalue weighted by molar-refractivity contribution is 9.10. The number of amides is 1. The Kier molecular flexibility index (Phi) is 5.17. The van der Waals surface area contributed by atoms with Gasteiger partial charge in [0.2, 0.25) is 4.80 Å². The van der Waals surface area contributed by atoms with Gasteiger partial charge in [0.1, 0.15) is 5.01 Å². The number of carbonyl (C=O) groups is 1. The second-order valence-electron chi connectivity index (χ2n) is 4.33. The van der Waals surface area contributed by atoms with Gasteiger partial charge in [-0.2, -0.15) is 23.3 Å². The summed E-state index contributed by atoms with van der Waals surface area (Å²) >= 11 is 4.29. The lowest BCUT2D eigenvalue weighted by molar-refractivity contribution is -0.169. The van der Waals surface area contributed by atoms with Crippen LogP contribution in [0.1, 0.15) is 17.5 Å². The number of alkyl halides is 3. The fraction of sp³-hybridized carbons (Fsp3) is 0.308. The van der Waals surface area contributed by atoms with Crippen molar-refractivity contribution in [3.05, 3.63) is 44.1 Å². The first kappa shape index (κ1) is 16.9. The maximum Gasteiger partial charge on any atom is 0.473 e.